The largest absolute Gasteiger partial charge is 0.363 e. The van der Waals surface area contributed by atoms with E-state index in [0.717, 1.165) is 12.8 Å². The second kappa shape index (κ2) is 2.84. The molecule has 0 saturated heterocycles. The topological polar surface area (TPSA) is 29.5 Å². The van der Waals surface area contributed by atoms with Gasteiger partial charge in [0.15, 0.2) is 12.0 Å². The molecule has 1 aliphatic carbocycles. The van der Waals surface area contributed by atoms with Gasteiger partial charge in [0, 0.05) is 13.5 Å². The molecule has 2 unspecified atom stereocenters. The molecule has 2 nitrogen and oxygen atoms in total. The molecule has 1 saturated carbocycles. The summed E-state index contributed by atoms with van der Waals surface area (Å²) in [5, 5.41) is 9.35. The molecular weight excluding hydrogens is 135 g/mol. The quantitative estimate of drug-likeness (QED) is 0.567. The zero-order valence-electron chi connectivity index (χ0n) is 6.14. The van der Waals surface area contributed by atoms with Crippen molar-refractivity contribution >= 4 is 0 Å². The van der Waals surface area contributed by atoms with Crippen LogP contribution in [0.3, 0.4) is 0 Å². The van der Waals surface area contributed by atoms with E-state index in [-0.39, 0.29) is 0 Å². The standard InChI is InChI=1S/C7H13FO2/c1-10-7(9)5-3-2-4-6(7)8/h6,9H,2-5H2,1H3. The lowest BCUT2D eigenvalue weighted by atomic mass is 9.92. The third-order valence-electron chi connectivity index (χ3n) is 2.09. The zero-order chi connectivity index (χ0) is 7.61. The number of alkyl halides is 1. The fourth-order valence-electron chi connectivity index (χ4n) is 1.31. The first-order valence-corrected chi connectivity index (χ1v) is 3.60. The normalized spacial score (nSPS) is 41.7. The molecular formula is C7H13FO2. The van der Waals surface area contributed by atoms with Crippen LogP contribution in [0.15, 0.2) is 0 Å². The highest BCUT2D eigenvalue weighted by atomic mass is 19.1. The smallest absolute Gasteiger partial charge is 0.197 e. The predicted octanol–water partition coefficient (Wildman–Crippen LogP) is 1.23. The molecule has 0 aromatic carbocycles. The third kappa shape index (κ3) is 1.30. The molecule has 0 spiro atoms. The van der Waals surface area contributed by atoms with Gasteiger partial charge in [-0.3, -0.25) is 0 Å². The molecule has 60 valence electrons. The van der Waals surface area contributed by atoms with E-state index in [9.17, 15) is 9.50 Å². The molecule has 0 bridgehead atoms. The summed E-state index contributed by atoms with van der Waals surface area (Å²) >= 11 is 0. The van der Waals surface area contributed by atoms with Gasteiger partial charge in [0.2, 0.25) is 0 Å². The summed E-state index contributed by atoms with van der Waals surface area (Å²) in [6.07, 6.45) is 1.35. The van der Waals surface area contributed by atoms with E-state index < -0.39 is 12.0 Å². The zero-order valence-corrected chi connectivity index (χ0v) is 6.14. The Bertz CT molecular complexity index is 118. The van der Waals surface area contributed by atoms with Gasteiger partial charge >= 0.3 is 0 Å². The summed E-state index contributed by atoms with van der Waals surface area (Å²) in [4.78, 5) is 0. The van der Waals surface area contributed by atoms with Gasteiger partial charge in [0.1, 0.15) is 0 Å². The highest BCUT2D eigenvalue weighted by Gasteiger charge is 2.39. The van der Waals surface area contributed by atoms with Gasteiger partial charge in [-0.05, 0) is 12.8 Å². The monoisotopic (exact) mass is 148 g/mol. The van der Waals surface area contributed by atoms with Crippen LogP contribution >= 0.6 is 0 Å². The molecule has 0 aromatic heterocycles. The molecule has 0 aliphatic heterocycles. The van der Waals surface area contributed by atoms with Gasteiger partial charge in [-0.2, -0.15) is 0 Å². The molecule has 0 amide bonds. The van der Waals surface area contributed by atoms with E-state index in [2.05, 4.69) is 4.74 Å². The lowest BCUT2D eigenvalue weighted by Crippen LogP contribution is -2.43. The van der Waals surface area contributed by atoms with E-state index in [1.807, 2.05) is 0 Å². The molecule has 2 atom stereocenters. The molecule has 0 aromatic rings. The second-order valence-electron chi connectivity index (χ2n) is 2.76. The maximum absolute atomic E-state index is 12.9. The van der Waals surface area contributed by atoms with Crippen molar-refractivity contribution in [3.8, 4) is 0 Å². The van der Waals surface area contributed by atoms with Crippen LogP contribution in [0.25, 0.3) is 0 Å². The number of hydrogen-bond donors (Lipinski definition) is 1. The van der Waals surface area contributed by atoms with Crippen molar-refractivity contribution in [1.29, 1.82) is 0 Å². The first-order valence-electron chi connectivity index (χ1n) is 3.60. The van der Waals surface area contributed by atoms with Crippen LogP contribution < -0.4 is 0 Å². The number of rotatable bonds is 1. The van der Waals surface area contributed by atoms with E-state index >= 15 is 0 Å². The molecule has 10 heavy (non-hydrogen) atoms. The summed E-state index contributed by atoms with van der Waals surface area (Å²) < 4.78 is 17.5. The Kier molecular flexibility index (Phi) is 2.26. The maximum Gasteiger partial charge on any atom is 0.197 e. The molecule has 0 radical (unpaired) electrons. The molecule has 1 aliphatic rings. The Hall–Kier alpha value is -0.150. The minimum Gasteiger partial charge on any atom is -0.363 e. The van der Waals surface area contributed by atoms with E-state index in [0.29, 0.717) is 12.8 Å². The van der Waals surface area contributed by atoms with Crippen LogP contribution in [0.5, 0.6) is 0 Å². The molecule has 1 rings (SSSR count). The van der Waals surface area contributed by atoms with Crippen LogP contribution in [0.4, 0.5) is 4.39 Å². The Morgan fingerprint density at radius 3 is 2.70 bits per heavy atom. The Labute approximate surface area is 60.0 Å². The highest BCUT2D eigenvalue weighted by Crippen LogP contribution is 2.30. The minimum absolute atomic E-state index is 0.421. The fraction of sp³-hybridized carbons (Fsp3) is 1.00. The van der Waals surface area contributed by atoms with Gasteiger partial charge in [-0.1, -0.05) is 6.42 Å². The van der Waals surface area contributed by atoms with E-state index in [1.54, 1.807) is 0 Å². The molecule has 3 heteroatoms. The van der Waals surface area contributed by atoms with Gasteiger partial charge in [0.05, 0.1) is 0 Å². The Morgan fingerprint density at radius 2 is 2.30 bits per heavy atom. The highest BCUT2D eigenvalue weighted by molar-refractivity contribution is 4.81. The lowest BCUT2D eigenvalue weighted by Gasteiger charge is -2.33. The average Bonchev–Trinajstić information content (AvgIpc) is 1.96. The van der Waals surface area contributed by atoms with Crippen molar-refractivity contribution in [3.05, 3.63) is 0 Å². The van der Waals surface area contributed by atoms with E-state index in [1.165, 1.54) is 7.11 Å². The van der Waals surface area contributed by atoms with Crippen LogP contribution in [0, 0.1) is 0 Å². The maximum atomic E-state index is 12.9. The summed E-state index contributed by atoms with van der Waals surface area (Å²) in [5.74, 6) is -1.49. The van der Waals surface area contributed by atoms with Crippen molar-refractivity contribution in [2.75, 3.05) is 7.11 Å². The van der Waals surface area contributed by atoms with Crippen molar-refractivity contribution in [3.63, 3.8) is 0 Å². The number of hydrogen-bond acceptors (Lipinski definition) is 2. The van der Waals surface area contributed by atoms with Crippen molar-refractivity contribution in [2.24, 2.45) is 0 Å². The Morgan fingerprint density at radius 1 is 1.60 bits per heavy atom. The summed E-state index contributed by atoms with van der Waals surface area (Å²) in [5.41, 5.74) is 0. The van der Waals surface area contributed by atoms with Gasteiger partial charge in [0.25, 0.3) is 0 Å². The van der Waals surface area contributed by atoms with Crippen LogP contribution in [0.1, 0.15) is 25.7 Å². The third-order valence-corrected chi connectivity index (χ3v) is 2.09. The number of halogens is 1. The van der Waals surface area contributed by atoms with Gasteiger partial charge in [-0.15, -0.1) is 0 Å². The summed E-state index contributed by atoms with van der Waals surface area (Å²) in [6, 6.07) is 0. The predicted molar refractivity (Wildman–Crippen MR) is 35.3 cm³/mol. The average molecular weight is 148 g/mol. The first-order chi connectivity index (χ1) is 4.69. The number of ether oxygens (including phenoxy) is 1. The number of aliphatic hydroxyl groups is 1. The number of methoxy groups -OCH3 is 1. The molecule has 0 heterocycles. The van der Waals surface area contributed by atoms with E-state index in [4.69, 9.17) is 0 Å². The van der Waals surface area contributed by atoms with Crippen LogP contribution in [0.2, 0.25) is 0 Å². The first kappa shape index (κ1) is 7.95. The van der Waals surface area contributed by atoms with Crippen LogP contribution in [-0.2, 0) is 4.74 Å². The lowest BCUT2D eigenvalue weighted by molar-refractivity contribution is -0.239. The van der Waals surface area contributed by atoms with Crippen molar-refractivity contribution in [2.45, 2.75) is 37.6 Å². The SMILES string of the molecule is COC1(O)CCCCC1F. The molecule has 1 N–H and O–H groups in total. The van der Waals surface area contributed by atoms with Gasteiger partial charge < -0.3 is 9.84 Å². The Balaban J connectivity index is 2.54. The second-order valence-corrected chi connectivity index (χ2v) is 2.76. The van der Waals surface area contributed by atoms with Crippen molar-refractivity contribution in [1.82, 2.24) is 0 Å². The van der Waals surface area contributed by atoms with Crippen molar-refractivity contribution < 1.29 is 14.2 Å². The summed E-state index contributed by atoms with van der Waals surface area (Å²) in [7, 11) is 1.35. The minimum atomic E-state index is -1.49. The van der Waals surface area contributed by atoms with Gasteiger partial charge in [-0.25, -0.2) is 4.39 Å². The van der Waals surface area contributed by atoms with Crippen LogP contribution in [-0.4, -0.2) is 24.2 Å². The molecule has 1 fully saturated rings. The summed E-state index contributed by atoms with van der Waals surface area (Å²) in [6.45, 7) is 0. The fourth-order valence-corrected chi connectivity index (χ4v) is 1.31.